The fraction of sp³-hybridized carbons (Fsp3) is 0.467. The zero-order valence-electron chi connectivity index (χ0n) is 14.6. The maximum Gasteiger partial charge on any atom is 0.323 e. The first-order chi connectivity index (χ1) is 11.6. The van der Waals surface area contributed by atoms with E-state index < -0.39 is 35.0 Å². The highest BCUT2D eigenvalue weighted by molar-refractivity contribution is 7.88. The molecular formula is C15H22N2O7S. The van der Waals surface area contributed by atoms with E-state index in [0.29, 0.717) is 17.1 Å². The van der Waals surface area contributed by atoms with Gasteiger partial charge in [0.1, 0.15) is 18.0 Å². The number of sulfonamides is 1. The lowest BCUT2D eigenvalue weighted by Crippen LogP contribution is -2.42. The van der Waals surface area contributed by atoms with Crippen molar-refractivity contribution in [1.29, 1.82) is 0 Å². The molecule has 0 aliphatic heterocycles. The van der Waals surface area contributed by atoms with Crippen molar-refractivity contribution in [3.05, 3.63) is 23.8 Å². The molecule has 0 saturated carbocycles. The molecule has 0 unspecified atom stereocenters. The predicted octanol–water partition coefficient (Wildman–Crippen LogP) is 0.00840. The van der Waals surface area contributed by atoms with E-state index >= 15 is 0 Å². The molecule has 0 aromatic heterocycles. The number of carbonyl (C=O) groups excluding carboxylic acids is 1. The molecular weight excluding hydrogens is 352 g/mol. The van der Waals surface area contributed by atoms with Crippen LogP contribution < -0.4 is 9.47 Å². The van der Waals surface area contributed by atoms with Gasteiger partial charge in [-0.25, -0.2) is 8.42 Å². The Morgan fingerprint density at radius 2 is 1.60 bits per heavy atom. The summed E-state index contributed by atoms with van der Waals surface area (Å²) in [6.07, 6.45) is 0.967. The number of likely N-dealkylation sites (N-methyl/N-ethyl adjacent to an activating group) is 1. The number of methoxy groups -OCH3 is 2. The van der Waals surface area contributed by atoms with E-state index in [1.54, 1.807) is 18.2 Å². The molecule has 0 spiro atoms. The minimum Gasteiger partial charge on any atom is -0.497 e. The minimum absolute atomic E-state index is 0.0315. The molecule has 0 radical (unpaired) electrons. The summed E-state index contributed by atoms with van der Waals surface area (Å²) in [5.41, 5.74) is 0.591. The summed E-state index contributed by atoms with van der Waals surface area (Å²) in [5.74, 6) is -0.849. The second-order valence-electron chi connectivity index (χ2n) is 5.38. The Morgan fingerprint density at radius 1 is 1.08 bits per heavy atom. The summed E-state index contributed by atoms with van der Waals surface area (Å²) in [5, 5.41) is 9.03. The van der Waals surface area contributed by atoms with Gasteiger partial charge >= 0.3 is 5.97 Å². The van der Waals surface area contributed by atoms with Crippen LogP contribution in [0.3, 0.4) is 0 Å². The Kier molecular flexibility index (Phi) is 7.19. The second-order valence-corrected chi connectivity index (χ2v) is 7.47. The normalized spacial score (nSPS) is 11.2. The number of hydrogen-bond acceptors (Lipinski definition) is 6. The molecule has 25 heavy (non-hydrogen) atoms. The third kappa shape index (κ3) is 6.59. The quantitative estimate of drug-likeness (QED) is 0.647. The number of carbonyl (C=O) groups is 2. The van der Waals surface area contributed by atoms with Crippen molar-refractivity contribution in [2.24, 2.45) is 0 Å². The van der Waals surface area contributed by atoms with Crippen LogP contribution in [0.15, 0.2) is 18.2 Å². The Balaban J connectivity index is 3.03. The number of ether oxygens (including phenoxy) is 2. The van der Waals surface area contributed by atoms with Crippen LogP contribution >= 0.6 is 0 Å². The van der Waals surface area contributed by atoms with Crippen molar-refractivity contribution >= 4 is 21.9 Å². The maximum absolute atomic E-state index is 12.3. The molecule has 1 N–H and O–H groups in total. The number of amides is 1. The molecule has 1 amide bonds. The summed E-state index contributed by atoms with van der Waals surface area (Å²) in [6, 6.07) is 4.93. The first-order valence-corrected chi connectivity index (χ1v) is 9.04. The van der Waals surface area contributed by atoms with E-state index in [-0.39, 0.29) is 6.54 Å². The van der Waals surface area contributed by atoms with Crippen molar-refractivity contribution in [1.82, 2.24) is 9.21 Å². The number of carboxylic acid groups (broad SMARTS) is 1. The van der Waals surface area contributed by atoms with E-state index in [0.717, 1.165) is 15.5 Å². The molecule has 140 valence electrons. The lowest BCUT2D eigenvalue weighted by Gasteiger charge is -2.23. The lowest BCUT2D eigenvalue weighted by molar-refractivity contribution is -0.144. The molecule has 0 atom stereocenters. The number of rotatable bonds is 9. The van der Waals surface area contributed by atoms with E-state index in [2.05, 4.69) is 0 Å². The van der Waals surface area contributed by atoms with Gasteiger partial charge in [-0.15, -0.1) is 0 Å². The van der Waals surface area contributed by atoms with Crippen molar-refractivity contribution in [2.75, 3.05) is 40.6 Å². The smallest absolute Gasteiger partial charge is 0.323 e. The Labute approximate surface area is 146 Å². The second kappa shape index (κ2) is 8.67. The first kappa shape index (κ1) is 20.7. The topological polar surface area (TPSA) is 113 Å². The summed E-state index contributed by atoms with van der Waals surface area (Å²) in [7, 11) is 0.639. The van der Waals surface area contributed by atoms with Gasteiger partial charge in [0.25, 0.3) is 0 Å². The molecule has 10 heteroatoms. The fourth-order valence-electron chi connectivity index (χ4n) is 1.98. The van der Waals surface area contributed by atoms with Gasteiger partial charge in [-0.2, -0.15) is 4.31 Å². The number of aliphatic carboxylic acids is 1. The van der Waals surface area contributed by atoms with Gasteiger partial charge in [-0.3, -0.25) is 9.59 Å². The lowest BCUT2D eigenvalue weighted by atomic mass is 10.2. The van der Waals surface area contributed by atoms with Crippen molar-refractivity contribution < 1.29 is 32.6 Å². The molecule has 9 nitrogen and oxygen atoms in total. The highest BCUT2D eigenvalue weighted by Gasteiger charge is 2.22. The monoisotopic (exact) mass is 374 g/mol. The Hall–Kier alpha value is -2.33. The average Bonchev–Trinajstić information content (AvgIpc) is 2.52. The Morgan fingerprint density at radius 3 is 2.00 bits per heavy atom. The number of nitrogens with zero attached hydrogens (tertiary/aromatic N) is 2. The van der Waals surface area contributed by atoms with Crippen LogP contribution in [0.2, 0.25) is 0 Å². The molecule has 0 saturated heterocycles. The van der Waals surface area contributed by atoms with E-state index in [9.17, 15) is 18.0 Å². The van der Waals surface area contributed by atoms with E-state index in [1.165, 1.54) is 21.3 Å². The highest BCUT2D eigenvalue weighted by atomic mass is 32.2. The minimum atomic E-state index is -3.56. The fourth-order valence-corrected chi connectivity index (χ4v) is 2.33. The molecule has 1 aromatic carbocycles. The summed E-state index contributed by atoms with van der Waals surface area (Å²) in [4.78, 5) is 24.5. The zero-order chi connectivity index (χ0) is 19.2. The maximum atomic E-state index is 12.3. The van der Waals surface area contributed by atoms with Gasteiger partial charge in [-0.1, -0.05) is 0 Å². The van der Waals surface area contributed by atoms with E-state index in [4.69, 9.17) is 14.6 Å². The molecule has 1 rings (SSSR count). The number of benzene rings is 1. The van der Waals surface area contributed by atoms with Gasteiger partial charge in [-0.05, 0) is 17.7 Å². The average molecular weight is 374 g/mol. The van der Waals surface area contributed by atoms with Gasteiger partial charge in [0.2, 0.25) is 15.9 Å². The zero-order valence-corrected chi connectivity index (χ0v) is 15.4. The van der Waals surface area contributed by atoms with Gasteiger partial charge in [0, 0.05) is 19.7 Å². The van der Waals surface area contributed by atoms with Gasteiger partial charge in [0.15, 0.2) is 0 Å². The summed E-state index contributed by atoms with van der Waals surface area (Å²) >= 11 is 0. The molecule has 0 aliphatic carbocycles. The standard InChI is InChI=1S/C15H22N2O7S/c1-16(25(4,21)22)9-14(18)17(10-15(19)20)8-11-5-12(23-2)7-13(6-11)24-3/h5-7H,8-10H2,1-4H3,(H,19,20). The number of hydrogen-bond donors (Lipinski definition) is 1. The third-order valence-electron chi connectivity index (χ3n) is 3.39. The van der Waals surface area contributed by atoms with Crippen LogP contribution in [0.5, 0.6) is 11.5 Å². The van der Waals surface area contributed by atoms with Crippen LogP contribution in [0.25, 0.3) is 0 Å². The van der Waals surface area contributed by atoms with Crippen LogP contribution in [0.1, 0.15) is 5.56 Å². The Bertz CT molecular complexity index is 711. The van der Waals surface area contributed by atoms with Crippen molar-refractivity contribution in [3.63, 3.8) is 0 Å². The van der Waals surface area contributed by atoms with Gasteiger partial charge < -0.3 is 19.5 Å². The summed E-state index contributed by atoms with van der Waals surface area (Å²) in [6.45, 7) is -1.04. The van der Waals surface area contributed by atoms with Gasteiger partial charge in [0.05, 0.1) is 27.0 Å². The van der Waals surface area contributed by atoms with Crippen molar-refractivity contribution in [3.8, 4) is 11.5 Å². The molecule has 1 aromatic rings. The van der Waals surface area contributed by atoms with Crippen LogP contribution in [-0.4, -0.2) is 75.2 Å². The predicted molar refractivity (Wildman–Crippen MR) is 90.1 cm³/mol. The van der Waals surface area contributed by atoms with Crippen LogP contribution in [0, 0.1) is 0 Å². The van der Waals surface area contributed by atoms with Crippen LogP contribution in [-0.2, 0) is 26.2 Å². The van der Waals surface area contributed by atoms with Crippen LogP contribution in [0.4, 0.5) is 0 Å². The van der Waals surface area contributed by atoms with E-state index in [1.807, 2.05) is 0 Å². The third-order valence-corrected chi connectivity index (χ3v) is 4.65. The molecule has 0 bridgehead atoms. The molecule has 0 fully saturated rings. The first-order valence-electron chi connectivity index (χ1n) is 7.19. The molecule has 0 heterocycles. The molecule has 0 aliphatic rings. The SMILES string of the molecule is COc1cc(CN(CC(=O)O)C(=O)CN(C)S(C)(=O)=O)cc(OC)c1. The summed E-state index contributed by atoms with van der Waals surface area (Å²) < 4.78 is 34.0. The number of carboxylic acids is 1. The highest BCUT2D eigenvalue weighted by Crippen LogP contribution is 2.23. The largest absolute Gasteiger partial charge is 0.497 e. The van der Waals surface area contributed by atoms with Crippen molar-refractivity contribution in [2.45, 2.75) is 6.54 Å².